The monoisotopic (exact) mass is 623 g/mol. The van der Waals surface area contributed by atoms with Crippen molar-refractivity contribution >= 4 is 28.5 Å². The van der Waals surface area contributed by atoms with Gasteiger partial charge < -0.3 is 19.9 Å². The van der Waals surface area contributed by atoms with Crippen molar-refractivity contribution in [2.75, 3.05) is 25.5 Å². The number of esters is 1. The highest BCUT2D eigenvalue weighted by Crippen LogP contribution is 2.49. The summed E-state index contributed by atoms with van der Waals surface area (Å²) in [6, 6.07) is 18.1. The normalized spacial score (nSPS) is 23.8. The molecule has 240 valence electrons. The Kier molecular flexibility index (Phi) is 8.27. The van der Waals surface area contributed by atoms with Crippen molar-refractivity contribution in [3.8, 4) is 5.75 Å². The number of fused-ring (bicyclic) bond motifs is 2. The first-order chi connectivity index (χ1) is 22.3. The maximum absolute atomic E-state index is 15.3. The molecule has 1 aliphatic carbocycles. The summed E-state index contributed by atoms with van der Waals surface area (Å²) in [5.74, 6) is -1.32. The van der Waals surface area contributed by atoms with E-state index in [1.807, 2.05) is 48.3 Å². The van der Waals surface area contributed by atoms with Gasteiger partial charge in [-0.2, -0.15) is 5.10 Å². The summed E-state index contributed by atoms with van der Waals surface area (Å²) in [6.45, 7) is 3.89. The maximum Gasteiger partial charge on any atom is 0.316 e. The van der Waals surface area contributed by atoms with Crippen LogP contribution in [0.2, 0.25) is 0 Å². The molecule has 3 heterocycles. The van der Waals surface area contributed by atoms with Crippen LogP contribution in [0.25, 0.3) is 10.9 Å². The minimum atomic E-state index is -0.618. The Labute approximate surface area is 269 Å². The molecule has 2 aliphatic heterocycles. The number of likely N-dealkylation sites (tertiary alicyclic amines) is 2. The molecule has 8 nitrogen and oxygen atoms in total. The summed E-state index contributed by atoms with van der Waals surface area (Å²) in [7, 11) is 4.02. The number of nitrogens with one attached hydrogen (secondary N) is 1. The number of nitrogens with zero attached hydrogens (tertiary/aromatic N) is 4. The summed E-state index contributed by atoms with van der Waals surface area (Å²) in [5, 5.41) is 8.86. The summed E-state index contributed by atoms with van der Waals surface area (Å²) < 4.78 is 23.2. The minimum Gasteiger partial charge on any atom is -0.426 e. The highest BCUT2D eigenvalue weighted by Gasteiger charge is 2.51. The number of hydrogen-bond acceptors (Lipinski definition) is 6. The lowest BCUT2D eigenvalue weighted by atomic mass is 9.76. The quantitative estimate of drug-likeness (QED) is 0.195. The van der Waals surface area contributed by atoms with Crippen molar-refractivity contribution in [2.24, 2.45) is 18.9 Å². The van der Waals surface area contributed by atoms with E-state index in [0.717, 1.165) is 67.3 Å². The van der Waals surface area contributed by atoms with Crippen molar-refractivity contribution < 1.29 is 18.7 Å². The van der Waals surface area contributed by atoms with Crippen LogP contribution in [0, 0.1) is 24.6 Å². The van der Waals surface area contributed by atoms with E-state index in [1.165, 1.54) is 6.07 Å². The molecule has 9 heteroatoms. The van der Waals surface area contributed by atoms with Gasteiger partial charge in [0.25, 0.3) is 5.91 Å². The number of benzene rings is 3. The van der Waals surface area contributed by atoms with Crippen LogP contribution in [0.4, 0.5) is 10.1 Å². The molecule has 3 aromatic carbocycles. The largest absolute Gasteiger partial charge is 0.426 e. The van der Waals surface area contributed by atoms with E-state index >= 15 is 4.39 Å². The smallest absolute Gasteiger partial charge is 0.316 e. The van der Waals surface area contributed by atoms with Gasteiger partial charge in [-0.3, -0.25) is 14.3 Å². The number of aryl methyl sites for hydroxylation is 2. The van der Waals surface area contributed by atoms with E-state index in [2.05, 4.69) is 22.4 Å². The minimum absolute atomic E-state index is 0.0785. The van der Waals surface area contributed by atoms with E-state index in [4.69, 9.17) is 4.74 Å². The second-order valence-corrected chi connectivity index (χ2v) is 13.4. The average molecular weight is 624 g/mol. The lowest BCUT2D eigenvalue weighted by Crippen LogP contribution is -2.54. The lowest BCUT2D eigenvalue weighted by molar-refractivity contribution is -0.144. The van der Waals surface area contributed by atoms with Gasteiger partial charge in [0.05, 0.1) is 29.2 Å². The predicted molar refractivity (Wildman–Crippen MR) is 176 cm³/mol. The van der Waals surface area contributed by atoms with Crippen molar-refractivity contribution in [3.05, 3.63) is 89.4 Å². The van der Waals surface area contributed by atoms with Gasteiger partial charge in [0.1, 0.15) is 11.6 Å². The fourth-order valence-electron chi connectivity index (χ4n) is 8.00. The molecule has 2 saturated heterocycles. The first-order valence-electron chi connectivity index (χ1n) is 16.5. The van der Waals surface area contributed by atoms with Gasteiger partial charge in [-0.15, -0.1) is 0 Å². The van der Waals surface area contributed by atoms with Gasteiger partial charge in [0.15, 0.2) is 0 Å². The zero-order valence-corrected chi connectivity index (χ0v) is 26.8. The van der Waals surface area contributed by atoms with Crippen molar-refractivity contribution in [1.29, 1.82) is 0 Å². The third-order valence-corrected chi connectivity index (χ3v) is 10.5. The number of carbonyl (C=O) groups excluding carboxylic acids is 2. The Morgan fingerprint density at radius 1 is 0.978 bits per heavy atom. The Morgan fingerprint density at radius 3 is 2.52 bits per heavy atom. The number of ether oxygens (including phenoxy) is 1. The highest BCUT2D eigenvalue weighted by atomic mass is 19.1. The van der Waals surface area contributed by atoms with Gasteiger partial charge in [0, 0.05) is 30.2 Å². The lowest BCUT2D eigenvalue weighted by Gasteiger charge is -2.47. The van der Waals surface area contributed by atoms with Crippen LogP contribution < -0.4 is 10.1 Å². The van der Waals surface area contributed by atoms with Crippen molar-refractivity contribution in [2.45, 2.75) is 63.6 Å². The molecule has 0 radical (unpaired) electrons. The van der Waals surface area contributed by atoms with Gasteiger partial charge in [0.2, 0.25) is 0 Å². The fourth-order valence-corrected chi connectivity index (χ4v) is 8.00. The van der Waals surface area contributed by atoms with E-state index < -0.39 is 17.8 Å². The van der Waals surface area contributed by atoms with Crippen LogP contribution in [0.3, 0.4) is 0 Å². The first kappa shape index (κ1) is 30.4. The van der Waals surface area contributed by atoms with E-state index in [9.17, 15) is 9.59 Å². The van der Waals surface area contributed by atoms with E-state index in [-0.39, 0.29) is 29.4 Å². The predicted octanol–water partition coefficient (Wildman–Crippen LogP) is 6.50. The van der Waals surface area contributed by atoms with E-state index in [1.54, 1.807) is 36.0 Å². The molecule has 4 aromatic rings. The summed E-state index contributed by atoms with van der Waals surface area (Å²) >= 11 is 0. The summed E-state index contributed by atoms with van der Waals surface area (Å²) in [6.07, 6.45) is 7.22. The summed E-state index contributed by atoms with van der Waals surface area (Å²) in [5.41, 5.74) is 3.47. The topological polar surface area (TPSA) is 79.7 Å². The molecular weight excluding hydrogens is 581 g/mol. The Morgan fingerprint density at radius 2 is 1.76 bits per heavy atom. The second kappa shape index (κ2) is 12.5. The molecule has 1 aromatic heterocycles. The maximum atomic E-state index is 15.3. The number of piperidine rings is 2. The van der Waals surface area contributed by atoms with Crippen molar-refractivity contribution in [1.82, 2.24) is 19.6 Å². The van der Waals surface area contributed by atoms with Crippen LogP contribution in [-0.4, -0.2) is 63.7 Å². The third kappa shape index (κ3) is 5.77. The molecule has 1 amide bonds. The standard InChI is InChI=1S/C37H42FN5O3/c1-23-6-4-8-31(38)34(23)36(44)43-33-9-5-7-25(33)21-30(37(45)46-29-14-15-32-26(20-29)22-39-42(32)3)35(43)24-10-12-27(13-11-24)40-28-16-18-41(2)19-17-28/h4,6,8,10-15,20,22,25,28,30,33,35,40H,5,7,9,16-19,21H2,1-3H3/t25-,30+,33?,35+/m1/s1. The molecule has 3 fully saturated rings. The molecule has 1 N–H and O–H groups in total. The fraction of sp³-hybridized carbons (Fsp3) is 0.432. The molecule has 0 bridgehead atoms. The molecule has 1 saturated carbocycles. The molecule has 0 spiro atoms. The molecular formula is C37H42FN5O3. The molecule has 46 heavy (non-hydrogen) atoms. The number of amides is 1. The zero-order valence-electron chi connectivity index (χ0n) is 26.8. The van der Waals surface area contributed by atoms with Crippen LogP contribution in [0.5, 0.6) is 5.75 Å². The number of carbonyl (C=O) groups is 2. The van der Waals surface area contributed by atoms with Gasteiger partial charge in [-0.1, -0.05) is 30.7 Å². The van der Waals surface area contributed by atoms with Gasteiger partial charge >= 0.3 is 5.97 Å². The van der Waals surface area contributed by atoms with Gasteiger partial charge in [-0.25, -0.2) is 4.39 Å². The number of halogens is 1. The van der Waals surface area contributed by atoms with Crippen molar-refractivity contribution in [3.63, 3.8) is 0 Å². The number of aromatic nitrogens is 2. The Hall–Kier alpha value is -4.24. The highest BCUT2D eigenvalue weighted by molar-refractivity contribution is 5.97. The summed E-state index contributed by atoms with van der Waals surface area (Å²) in [4.78, 5) is 32.9. The second-order valence-electron chi connectivity index (χ2n) is 13.4. The third-order valence-electron chi connectivity index (χ3n) is 10.5. The SMILES string of the molecule is Cc1cccc(F)c1C(=O)N1C2CCC[C@@H]2C[C@H](C(=O)Oc2ccc3c(cnn3C)c2)[C@@H]1c1ccc(NC2CCN(C)CC2)cc1. The van der Waals surface area contributed by atoms with Gasteiger partial charge in [-0.05, 0) is 113 Å². The van der Waals surface area contributed by atoms with E-state index in [0.29, 0.717) is 23.8 Å². The van der Waals surface area contributed by atoms with Crippen LogP contribution in [0.15, 0.2) is 66.9 Å². The molecule has 4 atom stereocenters. The Balaban J connectivity index is 1.25. The molecule has 7 rings (SSSR count). The Bertz CT molecular complexity index is 1730. The number of rotatable bonds is 6. The number of anilines is 1. The van der Waals surface area contributed by atoms with Crippen LogP contribution in [0.1, 0.15) is 66.1 Å². The first-order valence-corrected chi connectivity index (χ1v) is 16.5. The van der Waals surface area contributed by atoms with Crippen LogP contribution in [-0.2, 0) is 11.8 Å². The van der Waals surface area contributed by atoms with Crippen LogP contribution >= 0.6 is 0 Å². The average Bonchev–Trinajstić information content (AvgIpc) is 3.67. The zero-order chi connectivity index (χ0) is 31.9. The molecule has 3 aliphatic rings. The molecule has 1 unspecified atom stereocenters. The number of hydrogen-bond donors (Lipinski definition) is 1.